The number of benzene rings is 1. The van der Waals surface area contributed by atoms with Crippen LogP contribution in [0, 0.1) is 0 Å². The summed E-state index contributed by atoms with van der Waals surface area (Å²) in [5.41, 5.74) is 2.75. The number of hydrogen-bond donors (Lipinski definition) is 0. The summed E-state index contributed by atoms with van der Waals surface area (Å²) in [5.74, 6) is 1.37. The Morgan fingerprint density at radius 2 is 2.04 bits per heavy atom. The highest BCUT2D eigenvalue weighted by molar-refractivity contribution is 7.13. The lowest BCUT2D eigenvalue weighted by Gasteiger charge is -2.24. The van der Waals surface area contributed by atoms with Crippen molar-refractivity contribution in [3.05, 3.63) is 65.4 Å². The summed E-state index contributed by atoms with van der Waals surface area (Å²) in [6, 6.07) is 14.6. The van der Waals surface area contributed by atoms with Gasteiger partial charge >= 0.3 is 0 Å². The Hall–Kier alpha value is -2.24. The van der Waals surface area contributed by atoms with Gasteiger partial charge in [-0.25, -0.2) is 0 Å². The molecule has 0 bridgehead atoms. The van der Waals surface area contributed by atoms with Gasteiger partial charge in [-0.3, -0.25) is 4.90 Å². The van der Waals surface area contributed by atoms with Crippen molar-refractivity contribution in [1.82, 2.24) is 15.0 Å². The van der Waals surface area contributed by atoms with Crippen molar-refractivity contribution < 1.29 is 4.52 Å². The van der Waals surface area contributed by atoms with Crippen LogP contribution in [0.4, 0.5) is 0 Å². The number of rotatable bonds is 4. The molecular formula is C18H17N3OS. The van der Waals surface area contributed by atoms with Crippen molar-refractivity contribution in [1.29, 1.82) is 0 Å². The van der Waals surface area contributed by atoms with E-state index in [1.165, 1.54) is 11.1 Å². The summed E-state index contributed by atoms with van der Waals surface area (Å²) >= 11 is 1.63. The maximum Gasteiger partial charge on any atom is 0.241 e. The van der Waals surface area contributed by atoms with Crippen LogP contribution >= 0.6 is 11.3 Å². The van der Waals surface area contributed by atoms with Crippen molar-refractivity contribution in [2.75, 3.05) is 13.1 Å². The van der Waals surface area contributed by atoms with Gasteiger partial charge < -0.3 is 4.52 Å². The average Bonchev–Trinajstić information content (AvgIpc) is 3.28. The average molecular weight is 323 g/mol. The molecule has 1 aromatic carbocycles. The zero-order valence-electron chi connectivity index (χ0n) is 12.7. The molecule has 0 unspecified atom stereocenters. The van der Waals surface area contributed by atoms with E-state index in [1.54, 1.807) is 11.3 Å². The number of nitrogens with zero attached hydrogens (tertiary/aromatic N) is 3. The van der Waals surface area contributed by atoms with Crippen LogP contribution in [0.1, 0.15) is 17.9 Å². The molecule has 4 rings (SSSR count). The topological polar surface area (TPSA) is 42.2 Å². The van der Waals surface area contributed by atoms with Crippen molar-refractivity contribution in [3.63, 3.8) is 0 Å². The maximum atomic E-state index is 5.39. The number of hydrogen-bond acceptors (Lipinski definition) is 5. The van der Waals surface area contributed by atoms with Gasteiger partial charge in [0.05, 0.1) is 11.4 Å². The predicted octanol–water partition coefficient (Wildman–Crippen LogP) is 4.09. The van der Waals surface area contributed by atoms with Gasteiger partial charge in [-0.15, -0.1) is 11.3 Å². The molecule has 3 aromatic rings. The predicted molar refractivity (Wildman–Crippen MR) is 91.9 cm³/mol. The van der Waals surface area contributed by atoms with E-state index < -0.39 is 0 Å². The Kier molecular flexibility index (Phi) is 4.05. The molecule has 0 saturated carbocycles. The standard InChI is InChI=1S/C18H17N3OS/c1-2-5-14(6-3-1)15-8-10-21(11-9-15)13-17-19-18(20-22-17)16-7-4-12-23-16/h1-8,12H,9-11,13H2. The van der Waals surface area contributed by atoms with Crippen LogP contribution < -0.4 is 0 Å². The highest BCUT2D eigenvalue weighted by atomic mass is 32.1. The molecule has 0 amide bonds. The molecule has 3 heterocycles. The molecule has 1 aliphatic heterocycles. The largest absolute Gasteiger partial charge is 0.338 e. The minimum atomic E-state index is 0.685. The highest BCUT2D eigenvalue weighted by Gasteiger charge is 2.16. The van der Waals surface area contributed by atoms with Gasteiger partial charge in [0.25, 0.3) is 0 Å². The fraction of sp³-hybridized carbons (Fsp3) is 0.222. The minimum absolute atomic E-state index is 0.685. The van der Waals surface area contributed by atoms with Crippen LogP contribution in [0.15, 0.2) is 58.4 Å². The second-order valence-corrected chi connectivity index (χ2v) is 6.52. The molecule has 0 radical (unpaired) electrons. The molecule has 0 fully saturated rings. The second kappa shape index (κ2) is 6.48. The molecule has 0 saturated heterocycles. The van der Waals surface area contributed by atoms with E-state index in [9.17, 15) is 0 Å². The zero-order valence-corrected chi connectivity index (χ0v) is 13.5. The van der Waals surface area contributed by atoms with Crippen molar-refractivity contribution >= 4 is 16.9 Å². The van der Waals surface area contributed by atoms with Crippen LogP contribution in [0.3, 0.4) is 0 Å². The smallest absolute Gasteiger partial charge is 0.241 e. The van der Waals surface area contributed by atoms with Gasteiger partial charge in [0.1, 0.15) is 0 Å². The molecule has 23 heavy (non-hydrogen) atoms. The third-order valence-corrected chi connectivity index (χ3v) is 4.87. The molecule has 116 valence electrons. The van der Waals surface area contributed by atoms with Gasteiger partial charge in [-0.1, -0.05) is 47.6 Å². The van der Waals surface area contributed by atoms with Crippen molar-refractivity contribution in [3.8, 4) is 10.7 Å². The summed E-state index contributed by atoms with van der Waals surface area (Å²) in [5, 5.41) is 6.09. The van der Waals surface area contributed by atoms with Gasteiger partial charge in [0, 0.05) is 13.1 Å². The first kappa shape index (κ1) is 14.4. The van der Waals surface area contributed by atoms with E-state index in [4.69, 9.17) is 4.52 Å². The fourth-order valence-electron chi connectivity index (χ4n) is 2.79. The number of thiophene rings is 1. The molecule has 0 aliphatic carbocycles. The summed E-state index contributed by atoms with van der Waals surface area (Å²) < 4.78 is 5.39. The molecular weight excluding hydrogens is 306 g/mol. The Morgan fingerprint density at radius 3 is 2.78 bits per heavy atom. The maximum absolute atomic E-state index is 5.39. The van der Waals surface area contributed by atoms with Gasteiger partial charge in [0.15, 0.2) is 0 Å². The minimum Gasteiger partial charge on any atom is -0.338 e. The molecule has 2 aromatic heterocycles. The first-order valence-corrected chi connectivity index (χ1v) is 8.60. The van der Waals surface area contributed by atoms with E-state index in [0.29, 0.717) is 18.3 Å². The Bertz CT molecular complexity index is 793. The molecule has 0 atom stereocenters. The Labute approximate surface area is 139 Å². The second-order valence-electron chi connectivity index (χ2n) is 5.57. The van der Waals surface area contributed by atoms with Crippen LogP contribution in [0.5, 0.6) is 0 Å². The third-order valence-electron chi connectivity index (χ3n) is 4.01. The molecule has 5 heteroatoms. The van der Waals surface area contributed by atoms with Crippen LogP contribution in [-0.2, 0) is 6.54 Å². The Morgan fingerprint density at radius 1 is 1.13 bits per heavy atom. The molecule has 1 aliphatic rings. The van der Waals surface area contributed by atoms with E-state index in [-0.39, 0.29) is 0 Å². The van der Waals surface area contributed by atoms with E-state index in [0.717, 1.165) is 24.4 Å². The van der Waals surface area contributed by atoms with Crippen molar-refractivity contribution in [2.24, 2.45) is 0 Å². The van der Waals surface area contributed by atoms with E-state index >= 15 is 0 Å². The molecule has 0 spiro atoms. The summed E-state index contributed by atoms with van der Waals surface area (Å²) in [6.45, 7) is 2.63. The summed E-state index contributed by atoms with van der Waals surface area (Å²) in [6.07, 6.45) is 3.35. The van der Waals surface area contributed by atoms with E-state index in [2.05, 4.69) is 51.4 Å². The molecule has 0 N–H and O–H groups in total. The lowest BCUT2D eigenvalue weighted by atomic mass is 10.00. The summed E-state index contributed by atoms with van der Waals surface area (Å²) in [7, 11) is 0. The van der Waals surface area contributed by atoms with Gasteiger partial charge in [-0.2, -0.15) is 4.98 Å². The lowest BCUT2D eigenvalue weighted by molar-refractivity contribution is 0.245. The molecule has 4 nitrogen and oxygen atoms in total. The van der Waals surface area contributed by atoms with E-state index in [1.807, 2.05) is 17.5 Å². The lowest BCUT2D eigenvalue weighted by Crippen LogP contribution is -2.28. The first-order valence-electron chi connectivity index (χ1n) is 7.72. The normalized spacial score (nSPS) is 15.6. The van der Waals surface area contributed by atoms with Crippen LogP contribution in [0.2, 0.25) is 0 Å². The van der Waals surface area contributed by atoms with Gasteiger partial charge in [0.2, 0.25) is 11.7 Å². The number of aromatic nitrogens is 2. The van der Waals surface area contributed by atoms with Crippen molar-refractivity contribution in [2.45, 2.75) is 13.0 Å². The first-order chi connectivity index (χ1) is 11.4. The third kappa shape index (κ3) is 3.25. The highest BCUT2D eigenvalue weighted by Crippen LogP contribution is 2.24. The monoisotopic (exact) mass is 323 g/mol. The van der Waals surface area contributed by atoms with Crippen LogP contribution in [-0.4, -0.2) is 28.1 Å². The summed E-state index contributed by atoms with van der Waals surface area (Å²) in [4.78, 5) is 7.87. The van der Waals surface area contributed by atoms with Crippen LogP contribution in [0.25, 0.3) is 16.3 Å². The Balaban J connectivity index is 1.41. The SMILES string of the molecule is C1=C(c2ccccc2)CCN(Cc2nc(-c3cccs3)no2)C1. The zero-order chi connectivity index (χ0) is 15.5. The fourth-order valence-corrected chi connectivity index (χ4v) is 3.43. The quantitative estimate of drug-likeness (QED) is 0.725. The van der Waals surface area contributed by atoms with Gasteiger partial charge in [-0.05, 0) is 29.0 Å².